The first-order valence-electron chi connectivity index (χ1n) is 9.24. The molecule has 0 saturated carbocycles. The highest BCUT2D eigenvalue weighted by Gasteiger charge is 2.21. The van der Waals surface area contributed by atoms with Crippen LogP contribution in [-0.2, 0) is 16.1 Å². The molecule has 0 bridgehead atoms. The number of carbonyl (C=O) groups excluding carboxylic acids is 1. The largest absolute Gasteiger partial charge is 0.374 e. The summed E-state index contributed by atoms with van der Waals surface area (Å²) in [6, 6.07) is 9.61. The molecule has 0 aromatic heterocycles. The third kappa shape index (κ3) is 7.12. The monoisotopic (exact) mass is 358 g/mol. The fraction of sp³-hybridized carbons (Fsp3) is 0.600. The van der Waals surface area contributed by atoms with Crippen LogP contribution in [0.1, 0.15) is 25.0 Å². The molecule has 0 radical (unpaired) electrons. The van der Waals surface area contributed by atoms with Crippen molar-refractivity contribution in [3.8, 4) is 6.07 Å². The van der Waals surface area contributed by atoms with E-state index in [1.165, 1.54) is 0 Å². The molecule has 1 heterocycles. The summed E-state index contributed by atoms with van der Waals surface area (Å²) in [5.74, 6) is 0.630. The van der Waals surface area contributed by atoms with Gasteiger partial charge in [-0.25, -0.2) is 0 Å². The molecule has 1 N–H and O–H groups in total. The van der Waals surface area contributed by atoms with Gasteiger partial charge in [-0.05, 0) is 30.7 Å². The van der Waals surface area contributed by atoms with Crippen molar-refractivity contribution in [3.05, 3.63) is 35.4 Å². The first kappa shape index (κ1) is 20.4. The topological polar surface area (TPSA) is 68.6 Å². The van der Waals surface area contributed by atoms with Gasteiger partial charge in [0.1, 0.15) is 0 Å². The van der Waals surface area contributed by atoms with Gasteiger partial charge in [-0.3, -0.25) is 14.6 Å². The van der Waals surface area contributed by atoms with E-state index in [9.17, 15) is 4.79 Å². The Morgan fingerprint density at radius 3 is 3.04 bits per heavy atom. The van der Waals surface area contributed by atoms with E-state index in [0.29, 0.717) is 31.1 Å². The van der Waals surface area contributed by atoms with Crippen LogP contribution in [0.2, 0.25) is 0 Å². The number of benzene rings is 1. The van der Waals surface area contributed by atoms with Crippen LogP contribution in [0.4, 0.5) is 0 Å². The molecule has 1 unspecified atom stereocenters. The van der Waals surface area contributed by atoms with Gasteiger partial charge in [0.2, 0.25) is 5.91 Å². The van der Waals surface area contributed by atoms with Crippen molar-refractivity contribution in [3.63, 3.8) is 0 Å². The zero-order chi connectivity index (χ0) is 18.9. The van der Waals surface area contributed by atoms with E-state index >= 15 is 0 Å². The number of hydrogen-bond acceptors (Lipinski definition) is 5. The lowest BCUT2D eigenvalue weighted by Crippen LogP contribution is -2.49. The zero-order valence-corrected chi connectivity index (χ0v) is 16.1. The number of hydrogen-bond donors (Lipinski definition) is 1. The molecule has 1 fully saturated rings. The average Bonchev–Trinajstić information content (AvgIpc) is 2.60. The van der Waals surface area contributed by atoms with E-state index in [1.54, 1.807) is 6.07 Å². The minimum atomic E-state index is -0.00600. The predicted octanol–water partition coefficient (Wildman–Crippen LogP) is 1.46. The molecule has 6 heteroatoms. The van der Waals surface area contributed by atoms with Crippen molar-refractivity contribution in [2.24, 2.45) is 5.92 Å². The van der Waals surface area contributed by atoms with Crippen LogP contribution in [0.3, 0.4) is 0 Å². The summed E-state index contributed by atoms with van der Waals surface area (Å²) >= 11 is 0. The van der Waals surface area contributed by atoms with Crippen LogP contribution in [0, 0.1) is 17.2 Å². The van der Waals surface area contributed by atoms with Crippen LogP contribution in [-0.4, -0.2) is 68.2 Å². The average molecular weight is 358 g/mol. The zero-order valence-electron chi connectivity index (χ0n) is 16.1. The van der Waals surface area contributed by atoms with Gasteiger partial charge in [-0.1, -0.05) is 26.0 Å². The van der Waals surface area contributed by atoms with Crippen molar-refractivity contribution >= 4 is 5.91 Å². The minimum absolute atomic E-state index is 0.00600. The van der Waals surface area contributed by atoms with Crippen LogP contribution in [0.5, 0.6) is 0 Å². The Morgan fingerprint density at radius 2 is 2.31 bits per heavy atom. The fourth-order valence-corrected chi connectivity index (χ4v) is 3.22. The number of nitrogens with one attached hydrogen (secondary N) is 1. The van der Waals surface area contributed by atoms with Crippen LogP contribution < -0.4 is 5.32 Å². The third-order valence-electron chi connectivity index (χ3n) is 4.30. The summed E-state index contributed by atoms with van der Waals surface area (Å²) in [6.07, 6.45) is 0.0593. The SMILES string of the molecule is CC(C)CN1CCOC(CNC(=O)CN(C)Cc2cccc(C#N)c2)C1. The van der Waals surface area contributed by atoms with E-state index in [4.69, 9.17) is 10.00 Å². The summed E-state index contributed by atoms with van der Waals surface area (Å²) in [5, 5.41) is 11.9. The smallest absolute Gasteiger partial charge is 0.234 e. The molecule has 6 nitrogen and oxygen atoms in total. The molecule has 0 aliphatic carbocycles. The quantitative estimate of drug-likeness (QED) is 0.762. The Balaban J connectivity index is 1.71. The second-order valence-corrected chi connectivity index (χ2v) is 7.43. The Hall–Kier alpha value is -1.94. The second-order valence-electron chi connectivity index (χ2n) is 7.43. The van der Waals surface area contributed by atoms with E-state index < -0.39 is 0 Å². The van der Waals surface area contributed by atoms with Gasteiger partial charge in [0.15, 0.2) is 0 Å². The summed E-state index contributed by atoms with van der Waals surface area (Å²) < 4.78 is 5.77. The molecule has 1 saturated heterocycles. The van der Waals surface area contributed by atoms with Crippen molar-refractivity contribution in [2.75, 3.05) is 46.4 Å². The van der Waals surface area contributed by atoms with E-state index in [1.807, 2.05) is 30.1 Å². The summed E-state index contributed by atoms with van der Waals surface area (Å²) in [5.41, 5.74) is 1.67. The van der Waals surface area contributed by atoms with E-state index in [0.717, 1.165) is 31.8 Å². The van der Waals surface area contributed by atoms with Gasteiger partial charge in [-0.15, -0.1) is 0 Å². The molecule has 26 heavy (non-hydrogen) atoms. The highest BCUT2D eigenvalue weighted by molar-refractivity contribution is 5.78. The Kier molecular flexibility index (Phi) is 8.05. The first-order chi connectivity index (χ1) is 12.5. The predicted molar refractivity (Wildman–Crippen MR) is 102 cm³/mol. The maximum atomic E-state index is 12.2. The number of nitrogens with zero attached hydrogens (tertiary/aromatic N) is 3. The van der Waals surface area contributed by atoms with E-state index in [2.05, 4.69) is 30.1 Å². The maximum absolute atomic E-state index is 12.2. The molecule has 142 valence electrons. The van der Waals surface area contributed by atoms with E-state index in [-0.39, 0.29) is 12.0 Å². The third-order valence-corrected chi connectivity index (χ3v) is 4.30. The van der Waals surface area contributed by atoms with Crippen molar-refractivity contribution < 1.29 is 9.53 Å². The number of ether oxygens (including phenoxy) is 1. The molecular formula is C20H30N4O2. The minimum Gasteiger partial charge on any atom is -0.374 e. The Bertz CT molecular complexity index is 626. The summed E-state index contributed by atoms with van der Waals surface area (Å²) in [6.45, 7) is 9.56. The number of rotatable bonds is 8. The van der Waals surface area contributed by atoms with Crippen molar-refractivity contribution in [1.82, 2.24) is 15.1 Å². The van der Waals surface area contributed by atoms with Gasteiger partial charge < -0.3 is 10.1 Å². The molecule has 2 rings (SSSR count). The molecule has 1 atom stereocenters. The van der Waals surface area contributed by atoms with Gasteiger partial charge >= 0.3 is 0 Å². The van der Waals surface area contributed by atoms with Crippen molar-refractivity contribution in [2.45, 2.75) is 26.5 Å². The highest BCUT2D eigenvalue weighted by atomic mass is 16.5. The molecule has 0 spiro atoms. The van der Waals surface area contributed by atoms with Gasteiger partial charge in [0.05, 0.1) is 30.9 Å². The van der Waals surface area contributed by atoms with Gasteiger partial charge in [-0.2, -0.15) is 5.26 Å². The Labute approximate surface area is 156 Å². The summed E-state index contributed by atoms with van der Waals surface area (Å²) in [4.78, 5) is 16.5. The Morgan fingerprint density at radius 1 is 1.50 bits per heavy atom. The van der Waals surface area contributed by atoms with Crippen LogP contribution >= 0.6 is 0 Å². The van der Waals surface area contributed by atoms with Crippen LogP contribution in [0.15, 0.2) is 24.3 Å². The summed E-state index contributed by atoms with van der Waals surface area (Å²) in [7, 11) is 1.90. The first-order valence-corrected chi connectivity index (χ1v) is 9.24. The lowest BCUT2D eigenvalue weighted by Gasteiger charge is -2.34. The number of likely N-dealkylation sites (N-methyl/N-ethyl adjacent to an activating group) is 1. The van der Waals surface area contributed by atoms with Gasteiger partial charge in [0.25, 0.3) is 0 Å². The molecule has 1 aromatic rings. The molecule has 1 aliphatic heterocycles. The molecular weight excluding hydrogens is 328 g/mol. The molecule has 1 aliphatic rings. The number of carbonyl (C=O) groups is 1. The number of amides is 1. The fourth-order valence-electron chi connectivity index (χ4n) is 3.22. The van der Waals surface area contributed by atoms with Crippen LogP contribution in [0.25, 0.3) is 0 Å². The molecule has 1 amide bonds. The maximum Gasteiger partial charge on any atom is 0.234 e. The normalized spacial score (nSPS) is 18.1. The lowest BCUT2D eigenvalue weighted by molar-refractivity contribution is -0.123. The second kappa shape index (κ2) is 10.3. The van der Waals surface area contributed by atoms with Gasteiger partial charge in [0, 0.05) is 32.7 Å². The lowest BCUT2D eigenvalue weighted by atomic mass is 10.1. The number of nitriles is 1. The highest BCUT2D eigenvalue weighted by Crippen LogP contribution is 2.08. The van der Waals surface area contributed by atoms with Crippen molar-refractivity contribution in [1.29, 1.82) is 5.26 Å². The standard InChI is InChI=1S/C20H30N4O2/c1-16(2)12-24-7-8-26-19(14-24)11-22-20(25)15-23(3)13-18-6-4-5-17(9-18)10-21/h4-6,9,16,19H,7-8,11-15H2,1-3H3,(H,22,25). The number of morpholine rings is 1. The molecule has 1 aromatic carbocycles.